The minimum atomic E-state index is -0.414. The Hall–Kier alpha value is -0.920. The smallest absolute Gasteiger partial charge is 0.237 e. The Balaban J connectivity index is 0.00000156. The lowest BCUT2D eigenvalue weighted by atomic mass is 10.0. The van der Waals surface area contributed by atoms with Crippen LogP contribution in [0.4, 0.5) is 4.39 Å². The van der Waals surface area contributed by atoms with Crippen LogP contribution in [0.2, 0.25) is 0 Å². The first-order valence-electron chi connectivity index (χ1n) is 8.29. The topological polar surface area (TPSA) is 64.6 Å². The average Bonchev–Trinajstić information content (AvgIpc) is 2.98. The summed E-state index contributed by atoms with van der Waals surface area (Å²) < 4.78 is 12.9. The molecule has 2 aliphatic rings. The number of nitrogens with one attached hydrogen (secondary N) is 2. The highest BCUT2D eigenvalue weighted by Gasteiger charge is 2.30. The molecule has 0 saturated carbocycles. The predicted octanol–water partition coefficient (Wildman–Crippen LogP) is 1.47. The summed E-state index contributed by atoms with van der Waals surface area (Å²) in [5, 5.41) is 15.6. The van der Waals surface area contributed by atoms with E-state index in [0.717, 1.165) is 38.0 Å². The summed E-state index contributed by atoms with van der Waals surface area (Å²) in [6.07, 6.45) is 1.92. The molecule has 8 heteroatoms. The molecule has 3 N–H and O–H groups in total. The van der Waals surface area contributed by atoms with Crippen LogP contribution in [0.1, 0.15) is 24.8 Å². The van der Waals surface area contributed by atoms with Gasteiger partial charge >= 0.3 is 0 Å². The highest BCUT2D eigenvalue weighted by molar-refractivity contribution is 5.85. The summed E-state index contributed by atoms with van der Waals surface area (Å²) in [7, 11) is 0. The number of amides is 1. The molecule has 2 unspecified atom stereocenters. The molecule has 25 heavy (non-hydrogen) atoms. The third kappa shape index (κ3) is 6.38. The van der Waals surface area contributed by atoms with Gasteiger partial charge in [0.1, 0.15) is 5.82 Å². The summed E-state index contributed by atoms with van der Waals surface area (Å²) in [4.78, 5) is 14.5. The van der Waals surface area contributed by atoms with Crippen molar-refractivity contribution in [2.45, 2.75) is 44.0 Å². The van der Waals surface area contributed by atoms with Crippen molar-refractivity contribution in [2.24, 2.45) is 0 Å². The van der Waals surface area contributed by atoms with Crippen molar-refractivity contribution in [2.75, 3.05) is 19.6 Å². The van der Waals surface area contributed by atoms with Gasteiger partial charge in [-0.15, -0.1) is 24.8 Å². The molecule has 5 nitrogen and oxygen atoms in total. The Labute approximate surface area is 160 Å². The summed E-state index contributed by atoms with van der Waals surface area (Å²) in [5.41, 5.74) is 1.11. The van der Waals surface area contributed by atoms with Crippen LogP contribution in [0.3, 0.4) is 0 Å². The van der Waals surface area contributed by atoms with E-state index in [4.69, 9.17) is 0 Å². The van der Waals surface area contributed by atoms with Crippen molar-refractivity contribution >= 4 is 30.7 Å². The number of carbonyl (C=O) groups excluding carboxylic acids is 1. The third-order valence-corrected chi connectivity index (χ3v) is 4.68. The summed E-state index contributed by atoms with van der Waals surface area (Å²) >= 11 is 0. The van der Waals surface area contributed by atoms with Crippen molar-refractivity contribution in [1.29, 1.82) is 0 Å². The van der Waals surface area contributed by atoms with E-state index in [1.54, 1.807) is 0 Å². The maximum atomic E-state index is 12.9. The molecule has 142 valence electrons. The predicted molar refractivity (Wildman–Crippen MR) is 99.8 cm³/mol. The zero-order valence-electron chi connectivity index (χ0n) is 14.0. The molecule has 0 radical (unpaired) electrons. The lowest BCUT2D eigenvalue weighted by Gasteiger charge is -2.32. The van der Waals surface area contributed by atoms with Gasteiger partial charge in [-0.3, -0.25) is 9.69 Å². The zero-order chi connectivity index (χ0) is 16.2. The SMILES string of the molecule is Cl.Cl.O=C(NC1CCN(Cc2ccc(F)cc2)CC1)C1CC(O)CN1. The Morgan fingerprint density at radius 3 is 2.44 bits per heavy atom. The van der Waals surface area contributed by atoms with Crippen LogP contribution in [-0.2, 0) is 11.3 Å². The van der Waals surface area contributed by atoms with Gasteiger partial charge in [0, 0.05) is 32.2 Å². The molecule has 0 bridgehead atoms. The second-order valence-electron chi connectivity index (χ2n) is 6.54. The first kappa shape index (κ1) is 22.1. The molecule has 2 heterocycles. The molecular weight excluding hydrogens is 368 g/mol. The molecule has 2 aliphatic heterocycles. The quantitative estimate of drug-likeness (QED) is 0.724. The number of carbonyl (C=O) groups is 1. The lowest BCUT2D eigenvalue weighted by Crippen LogP contribution is -2.49. The number of likely N-dealkylation sites (tertiary alicyclic amines) is 1. The highest BCUT2D eigenvalue weighted by Crippen LogP contribution is 2.15. The molecule has 1 aromatic rings. The van der Waals surface area contributed by atoms with Crippen LogP contribution in [0.25, 0.3) is 0 Å². The number of benzene rings is 1. The highest BCUT2D eigenvalue weighted by atomic mass is 35.5. The molecule has 0 spiro atoms. The van der Waals surface area contributed by atoms with Crippen molar-refractivity contribution < 1.29 is 14.3 Å². The van der Waals surface area contributed by atoms with Crippen molar-refractivity contribution in [3.8, 4) is 0 Å². The van der Waals surface area contributed by atoms with Gasteiger partial charge < -0.3 is 15.7 Å². The molecule has 3 rings (SSSR count). The van der Waals surface area contributed by atoms with E-state index in [0.29, 0.717) is 13.0 Å². The first-order valence-corrected chi connectivity index (χ1v) is 8.29. The molecule has 1 amide bonds. The number of hydrogen-bond acceptors (Lipinski definition) is 4. The van der Waals surface area contributed by atoms with E-state index in [1.165, 1.54) is 12.1 Å². The number of hydrogen-bond donors (Lipinski definition) is 3. The van der Waals surface area contributed by atoms with E-state index in [9.17, 15) is 14.3 Å². The number of aliphatic hydroxyl groups is 1. The lowest BCUT2D eigenvalue weighted by molar-refractivity contribution is -0.124. The monoisotopic (exact) mass is 393 g/mol. The van der Waals surface area contributed by atoms with Gasteiger partial charge in [0.2, 0.25) is 5.91 Å². The summed E-state index contributed by atoms with van der Waals surface area (Å²) in [6.45, 7) is 3.15. The van der Waals surface area contributed by atoms with Crippen molar-refractivity contribution in [1.82, 2.24) is 15.5 Å². The molecule has 1 aromatic carbocycles. The summed E-state index contributed by atoms with van der Waals surface area (Å²) in [6, 6.07) is 6.56. The summed E-state index contributed by atoms with van der Waals surface area (Å²) in [5.74, 6) is -0.209. The maximum Gasteiger partial charge on any atom is 0.237 e. The van der Waals surface area contributed by atoms with E-state index < -0.39 is 6.10 Å². The van der Waals surface area contributed by atoms with Gasteiger partial charge in [-0.05, 0) is 37.0 Å². The molecule has 0 aliphatic carbocycles. The average molecular weight is 394 g/mol. The largest absolute Gasteiger partial charge is 0.392 e. The van der Waals surface area contributed by atoms with E-state index in [-0.39, 0.29) is 48.6 Å². The Morgan fingerprint density at radius 2 is 1.88 bits per heavy atom. The van der Waals surface area contributed by atoms with Gasteiger partial charge in [0.15, 0.2) is 0 Å². The molecule has 0 aromatic heterocycles. The fourth-order valence-electron chi connectivity index (χ4n) is 3.30. The minimum absolute atomic E-state index is 0. The first-order chi connectivity index (χ1) is 11.1. The fraction of sp³-hybridized carbons (Fsp3) is 0.588. The van der Waals surface area contributed by atoms with Crippen LogP contribution < -0.4 is 10.6 Å². The van der Waals surface area contributed by atoms with Crippen molar-refractivity contribution in [3.05, 3.63) is 35.6 Å². The van der Waals surface area contributed by atoms with Crippen molar-refractivity contribution in [3.63, 3.8) is 0 Å². The zero-order valence-corrected chi connectivity index (χ0v) is 15.6. The van der Waals surface area contributed by atoms with E-state index in [1.807, 2.05) is 12.1 Å². The third-order valence-electron chi connectivity index (χ3n) is 4.68. The van der Waals surface area contributed by atoms with Crippen LogP contribution >= 0.6 is 24.8 Å². The van der Waals surface area contributed by atoms with E-state index in [2.05, 4.69) is 15.5 Å². The van der Waals surface area contributed by atoms with Gasteiger partial charge in [0.25, 0.3) is 0 Å². The number of β-amino-alcohol motifs (C(OH)–C–C–N with tert-alkyl or cyclic N) is 1. The normalized spacial score (nSPS) is 24.2. The molecular formula is C17H26Cl2FN3O2. The Morgan fingerprint density at radius 1 is 1.24 bits per heavy atom. The van der Waals surface area contributed by atoms with Gasteiger partial charge in [-0.1, -0.05) is 12.1 Å². The number of nitrogens with zero attached hydrogens (tertiary/aromatic N) is 1. The fourth-order valence-corrected chi connectivity index (χ4v) is 3.30. The second-order valence-corrected chi connectivity index (χ2v) is 6.54. The van der Waals surface area contributed by atoms with Crippen LogP contribution in [0, 0.1) is 5.82 Å². The standard InChI is InChI=1S/C17H24FN3O2.2ClH/c18-13-3-1-12(2-4-13)11-21-7-5-14(6-8-21)20-17(23)16-9-15(22)10-19-16;;/h1-4,14-16,19,22H,5-11H2,(H,20,23);2*1H. The molecule has 2 fully saturated rings. The number of aliphatic hydroxyl groups excluding tert-OH is 1. The van der Waals surface area contributed by atoms with Gasteiger partial charge in [0.05, 0.1) is 12.1 Å². The second kappa shape index (κ2) is 10.3. The molecule has 2 saturated heterocycles. The number of piperidine rings is 1. The van der Waals surface area contributed by atoms with Crippen LogP contribution in [0.5, 0.6) is 0 Å². The maximum absolute atomic E-state index is 12.9. The number of rotatable bonds is 4. The van der Waals surface area contributed by atoms with Gasteiger partial charge in [-0.2, -0.15) is 0 Å². The Kier molecular flexibility index (Phi) is 9.10. The minimum Gasteiger partial charge on any atom is -0.392 e. The number of halogens is 3. The Bertz CT molecular complexity index is 539. The van der Waals surface area contributed by atoms with Gasteiger partial charge in [-0.25, -0.2) is 4.39 Å². The van der Waals surface area contributed by atoms with Crippen LogP contribution in [-0.4, -0.2) is 53.7 Å². The molecule has 2 atom stereocenters. The van der Waals surface area contributed by atoms with Crippen LogP contribution in [0.15, 0.2) is 24.3 Å². The van der Waals surface area contributed by atoms with E-state index >= 15 is 0 Å².